The molecule has 1 fully saturated rings. The smallest absolute Gasteiger partial charge is 0.417 e. The summed E-state index contributed by atoms with van der Waals surface area (Å²) in [4.78, 5) is 2.17. The van der Waals surface area contributed by atoms with Crippen LogP contribution >= 0.6 is 0 Å². The normalized spacial score (nSPS) is 14.7. The van der Waals surface area contributed by atoms with Gasteiger partial charge in [-0.25, -0.2) is 0 Å². The lowest BCUT2D eigenvalue weighted by molar-refractivity contribution is -0.137. The van der Waals surface area contributed by atoms with E-state index in [0.717, 1.165) is 43.5 Å². The van der Waals surface area contributed by atoms with Crippen LogP contribution in [0.3, 0.4) is 0 Å². The minimum absolute atomic E-state index is 0.00532. The van der Waals surface area contributed by atoms with Crippen LogP contribution in [0.15, 0.2) is 60.7 Å². The molecule has 0 atom stereocenters. The van der Waals surface area contributed by atoms with E-state index in [1.54, 1.807) is 18.2 Å². The molecular formula is C29H27F3N2O. The lowest BCUT2D eigenvalue weighted by Gasteiger charge is -2.27. The summed E-state index contributed by atoms with van der Waals surface area (Å²) in [6, 6.07) is 19.7. The van der Waals surface area contributed by atoms with Crippen molar-refractivity contribution >= 4 is 12.2 Å². The third-order valence-electron chi connectivity index (χ3n) is 6.34. The molecule has 1 aliphatic rings. The average molecular weight is 477 g/mol. The predicted molar refractivity (Wildman–Crippen MR) is 133 cm³/mol. The van der Waals surface area contributed by atoms with Crippen LogP contribution < -0.4 is 4.74 Å². The van der Waals surface area contributed by atoms with Gasteiger partial charge in [-0.1, -0.05) is 67.1 Å². The molecule has 0 unspecified atom stereocenters. The van der Waals surface area contributed by atoms with Gasteiger partial charge in [0.05, 0.1) is 18.2 Å². The minimum Gasteiger partial charge on any atom is -0.496 e. The number of rotatable bonds is 6. The van der Waals surface area contributed by atoms with Gasteiger partial charge in [-0.2, -0.15) is 18.4 Å². The van der Waals surface area contributed by atoms with Crippen molar-refractivity contribution in [3.8, 4) is 22.9 Å². The predicted octanol–water partition coefficient (Wildman–Crippen LogP) is 7.41. The van der Waals surface area contributed by atoms with Crippen molar-refractivity contribution in [2.75, 3.05) is 20.2 Å². The van der Waals surface area contributed by atoms with Crippen LogP contribution in [0.4, 0.5) is 13.2 Å². The topological polar surface area (TPSA) is 36.3 Å². The van der Waals surface area contributed by atoms with Gasteiger partial charge in [-0.05, 0) is 54.8 Å². The molecule has 180 valence electrons. The van der Waals surface area contributed by atoms with Crippen molar-refractivity contribution in [3.05, 3.63) is 88.5 Å². The first-order chi connectivity index (χ1) is 16.9. The second-order valence-corrected chi connectivity index (χ2v) is 8.67. The number of nitriles is 1. The highest BCUT2D eigenvalue weighted by Gasteiger charge is 2.34. The fraction of sp³-hybridized carbons (Fsp3) is 0.276. The van der Waals surface area contributed by atoms with E-state index in [9.17, 15) is 18.4 Å². The first-order valence-electron chi connectivity index (χ1n) is 11.7. The standard InChI is InChI=1S/C29H27F3N2O/c1-35-28-18-23(27(29(30,31)32)17-24(28)20-34-15-6-3-7-16-34)14-13-22-11-8-12-25(26(22)19-33)21-9-4-2-5-10-21/h2,4-5,8-14,17-18H,3,6-7,15-16,20H2,1H3/b14-13+. The van der Waals surface area contributed by atoms with Crippen molar-refractivity contribution in [1.82, 2.24) is 4.90 Å². The second-order valence-electron chi connectivity index (χ2n) is 8.67. The number of likely N-dealkylation sites (tertiary alicyclic amines) is 1. The van der Waals surface area contributed by atoms with E-state index in [1.165, 1.54) is 25.3 Å². The van der Waals surface area contributed by atoms with Crippen LogP contribution in [0, 0.1) is 11.3 Å². The zero-order chi connectivity index (χ0) is 24.8. The molecule has 1 aliphatic heterocycles. The SMILES string of the molecule is COc1cc(/C=C/c2cccc(-c3ccccc3)c2C#N)c(C(F)(F)F)cc1CN1CCCCC1. The van der Waals surface area contributed by atoms with E-state index in [1.807, 2.05) is 36.4 Å². The first-order valence-corrected chi connectivity index (χ1v) is 11.7. The fourth-order valence-corrected chi connectivity index (χ4v) is 4.57. The Kier molecular flexibility index (Phi) is 7.57. The molecule has 1 saturated heterocycles. The van der Waals surface area contributed by atoms with Crippen molar-refractivity contribution in [3.63, 3.8) is 0 Å². The Bertz CT molecular complexity index is 1240. The lowest BCUT2D eigenvalue weighted by atomic mass is 9.95. The van der Waals surface area contributed by atoms with Crippen LogP contribution in [0.2, 0.25) is 0 Å². The van der Waals surface area contributed by atoms with Crippen molar-refractivity contribution in [1.29, 1.82) is 5.26 Å². The van der Waals surface area contributed by atoms with E-state index in [4.69, 9.17) is 4.74 Å². The molecule has 0 aromatic heterocycles. The highest BCUT2D eigenvalue weighted by molar-refractivity contribution is 5.81. The Morgan fingerprint density at radius 1 is 0.943 bits per heavy atom. The zero-order valence-corrected chi connectivity index (χ0v) is 19.6. The molecule has 0 amide bonds. The number of piperidine rings is 1. The third kappa shape index (κ3) is 5.75. The molecule has 35 heavy (non-hydrogen) atoms. The quantitative estimate of drug-likeness (QED) is 0.348. The Hall–Kier alpha value is -3.56. The molecule has 0 spiro atoms. The third-order valence-corrected chi connectivity index (χ3v) is 6.34. The van der Waals surface area contributed by atoms with Gasteiger partial charge < -0.3 is 4.74 Å². The Labute approximate surface area is 204 Å². The molecular weight excluding hydrogens is 449 g/mol. The van der Waals surface area contributed by atoms with Gasteiger partial charge in [-0.3, -0.25) is 4.90 Å². The minimum atomic E-state index is -4.52. The van der Waals surface area contributed by atoms with E-state index in [2.05, 4.69) is 11.0 Å². The second kappa shape index (κ2) is 10.8. The maximum Gasteiger partial charge on any atom is 0.417 e. The lowest BCUT2D eigenvalue weighted by Crippen LogP contribution is -2.29. The van der Waals surface area contributed by atoms with Gasteiger partial charge in [0.1, 0.15) is 11.8 Å². The van der Waals surface area contributed by atoms with Crippen molar-refractivity contribution in [2.45, 2.75) is 32.0 Å². The number of halogens is 3. The molecule has 1 heterocycles. The van der Waals surface area contributed by atoms with Gasteiger partial charge in [-0.15, -0.1) is 0 Å². The van der Waals surface area contributed by atoms with Crippen molar-refractivity contribution in [2.24, 2.45) is 0 Å². The van der Waals surface area contributed by atoms with Gasteiger partial charge in [0.2, 0.25) is 0 Å². The molecule has 3 nitrogen and oxygen atoms in total. The largest absolute Gasteiger partial charge is 0.496 e. The highest BCUT2D eigenvalue weighted by atomic mass is 19.4. The van der Waals surface area contributed by atoms with Crippen molar-refractivity contribution < 1.29 is 17.9 Å². The Morgan fingerprint density at radius 2 is 1.66 bits per heavy atom. The molecule has 4 rings (SSSR count). The summed E-state index contributed by atoms with van der Waals surface area (Å²) in [7, 11) is 1.48. The molecule has 6 heteroatoms. The van der Waals surface area contributed by atoms with Gasteiger partial charge >= 0.3 is 6.18 Å². The van der Waals surface area contributed by atoms with E-state index >= 15 is 0 Å². The molecule has 0 bridgehead atoms. The maximum absolute atomic E-state index is 14.1. The van der Waals surface area contributed by atoms with Crippen LogP contribution in [0.1, 0.15) is 47.1 Å². The van der Waals surface area contributed by atoms with Gasteiger partial charge in [0, 0.05) is 17.7 Å². The molecule has 0 saturated carbocycles. The van der Waals surface area contributed by atoms with Crippen LogP contribution in [-0.4, -0.2) is 25.1 Å². The van der Waals surface area contributed by atoms with Gasteiger partial charge in [0.15, 0.2) is 0 Å². The highest BCUT2D eigenvalue weighted by Crippen LogP contribution is 2.38. The average Bonchev–Trinajstić information content (AvgIpc) is 2.88. The summed E-state index contributed by atoms with van der Waals surface area (Å²) in [5, 5.41) is 9.83. The summed E-state index contributed by atoms with van der Waals surface area (Å²) in [6.45, 7) is 2.18. The monoisotopic (exact) mass is 476 g/mol. The fourth-order valence-electron chi connectivity index (χ4n) is 4.57. The summed E-state index contributed by atoms with van der Waals surface area (Å²) >= 11 is 0. The first kappa shape index (κ1) is 24.6. The Balaban J connectivity index is 1.73. The van der Waals surface area contributed by atoms with Gasteiger partial charge in [0.25, 0.3) is 0 Å². The van der Waals surface area contributed by atoms with E-state index in [0.29, 0.717) is 29.0 Å². The number of hydrogen-bond donors (Lipinski definition) is 0. The number of nitrogens with zero attached hydrogens (tertiary/aromatic N) is 2. The number of benzene rings is 3. The summed E-state index contributed by atoms with van der Waals surface area (Å²) in [6.07, 6.45) is 1.73. The van der Waals surface area contributed by atoms with Crippen LogP contribution in [-0.2, 0) is 12.7 Å². The molecule has 0 radical (unpaired) electrons. The summed E-state index contributed by atoms with van der Waals surface area (Å²) in [5.41, 5.74) is 2.41. The number of ether oxygens (including phenoxy) is 1. The Morgan fingerprint density at radius 3 is 2.31 bits per heavy atom. The summed E-state index contributed by atoms with van der Waals surface area (Å²) in [5.74, 6) is 0.432. The molecule has 0 aliphatic carbocycles. The maximum atomic E-state index is 14.1. The molecule has 0 N–H and O–H groups in total. The van der Waals surface area contributed by atoms with E-state index < -0.39 is 11.7 Å². The number of alkyl halides is 3. The molecule has 3 aromatic rings. The number of hydrogen-bond acceptors (Lipinski definition) is 3. The van der Waals surface area contributed by atoms with Crippen LogP contribution in [0.25, 0.3) is 23.3 Å². The number of methoxy groups -OCH3 is 1. The molecule has 3 aromatic carbocycles. The summed E-state index contributed by atoms with van der Waals surface area (Å²) < 4.78 is 47.7. The van der Waals surface area contributed by atoms with Crippen LogP contribution in [0.5, 0.6) is 5.75 Å². The zero-order valence-electron chi connectivity index (χ0n) is 19.6. The van der Waals surface area contributed by atoms with E-state index in [-0.39, 0.29) is 5.56 Å².